The molecule has 0 aromatic carbocycles. The quantitative estimate of drug-likeness (QED) is 0.0199. The summed E-state index contributed by atoms with van der Waals surface area (Å²) in [5.41, 5.74) is 0. The van der Waals surface area contributed by atoms with Crippen LogP contribution in [0.25, 0.3) is 0 Å². The molecule has 0 spiro atoms. The summed E-state index contributed by atoms with van der Waals surface area (Å²) in [5, 5.41) is 0. The minimum atomic E-state index is -0.809. The van der Waals surface area contributed by atoms with Gasteiger partial charge in [0.15, 0.2) is 6.10 Å². The van der Waals surface area contributed by atoms with Gasteiger partial charge >= 0.3 is 17.9 Å². The first-order valence-corrected chi connectivity index (χ1v) is 26.1. The second-order valence-corrected chi connectivity index (χ2v) is 17.1. The molecule has 0 aliphatic carbocycles. The van der Waals surface area contributed by atoms with E-state index in [9.17, 15) is 14.4 Å². The van der Waals surface area contributed by atoms with Gasteiger partial charge in [-0.2, -0.15) is 0 Å². The van der Waals surface area contributed by atoms with E-state index in [0.717, 1.165) is 116 Å². The minimum absolute atomic E-state index is 0.106. The Bertz CT molecular complexity index is 1240. The smallest absolute Gasteiger partial charge is 0.306 e. The first-order valence-electron chi connectivity index (χ1n) is 26.1. The van der Waals surface area contributed by atoms with Crippen molar-refractivity contribution in [2.24, 2.45) is 0 Å². The number of allylic oxidation sites excluding steroid dienone is 14. The lowest BCUT2D eigenvalue weighted by Crippen LogP contribution is -2.30. The maximum absolute atomic E-state index is 12.8. The van der Waals surface area contributed by atoms with Crippen molar-refractivity contribution >= 4 is 17.9 Å². The maximum Gasteiger partial charge on any atom is 0.306 e. The van der Waals surface area contributed by atoms with E-state index in [4.69, 9.17) is 14.2 Å². The monoisotopic (exact) mass is 877 g/mol. The topological polar surface area (TPSA) is 78.9 Å². The Hall–Kier alpha value is -3.41. The van der Waals surface area contributed by atoms with Crippen LogP contribution >= 0.6 is 0 Å². The Balaban J connectivity index is 4.51. The number of unbranched alkanes of at least 4 members (excludes halogenated alkanes) is 22. The summed E-state index contributed by atoms with van der Waals surface area (Å²) in [4.78, 5) is 38.0. The van der Waals surface area contributed by atoms with Crippen LogP contribution in [0.3, 0.4) is 0 Å². The van der Waals surface area contributed by atoms with Crippen molar-refractivity contribution < 1.29 is 28.6 Å². The summed E-state index contributed by atoms with van der Waals surface area (Å²) in [6, 6.07) is 0. The minimum Gasteiger partial charge on any atom is -0.462 e. The fraction of sp³-hybridized carbons (Fsp3) is 0.702. The Morgan fingerprint density at radius 3 is 1.08 bits per heavy atom. The highest BCUT2D eigenvalue weighted by Gasteiger charge is 2.19. The van der Waals surface area contributed by atoms with Crippen LogP contribution in [0.4, 0.5) is 0 Å². The average molecular weight is 877 g/mol. The zero-order valence-electron chi connectivity index (χ0n) is 41.1. The van der Waals surface area contributed by atoms with E-state index in [1.165, 1.54) is 83.5 Å². The number of hydrogen-bond donors (Lipinski definition) is 0. The predicted molar refractivity (Wildman–Crippen MR) is 270 cm³/mol. The number of carbonyl (C=O) groups is 3. The van der Waals surface area contributed by atoms with E-state index in [-0.39, 0.29) is 37.5 Å². The molecule has 0 saturated heterocycles. The molecule has 0 amide bonds. The van der Waals surface area contributed by atoms with Crippen LogP contribution in [-0.4, -0.2) is 37.2 Å². The molecule has 6 nitrogen and oxygen atoms in total. The Morgan fingerprint density at radius 2 is 0.667 bits per heavy atom. The van der Waals surface area contributed by atoms with Crippen molar-refractivity contribution in [2.45, 2.75) is 245 Å². The van der Waals surface area contributed by atoms with Gasteiger partial charge in [-0.15, -0.1) is 0 Å². The van der Waals surface area contributed by atoms with E-state index in [1.54, 1.807) is 0 Å². The lowest BCUT2D eigenvalue weighted by Gasteiger charge is -2.18. The van der Waals surface area contributed by atoms with Crippen LogP contribution in [0.15, 0.2) is 85.1 Å². The molecular formula is C57H96O6. The van der Waals surface area contributed by atoms with E-state index in [0.29, 0.717) is 12.8 Å². The summed E-state index contributed by atoms with van der Waals surface area (Å²) >= 11 is 0. The number of ether oxygens (including phenoxy) is 3. The van der Waals surface area contributed by atoms with Crippen molar-refractivity contribution in [2.75, 3.05) is 13.2 Å². The molecule has 0 saturated carbocycles. The molecule has 0 fully saturated rings. The van der Waals surface area contributed by atoms with E-state index >= 15 is 0 Å². The lowest BCUT2D eigenvalue weighted by atomic mass is 10.1. The van der Waals surface area contributed by atoms with Crippen LogP contribution in [-0.2, 0) is 28.6 Å². The Labute approximate surface area is 388 Å². The van der Waals surface area contributed by atoms with E-state index < -0.39 is 6.10 Å². The summed E-state index contributed by atoms with van der Waals surface area (Å²) in [6.07, 6.45) is 65.7. The van der Waals surface area contributed by atoms with Crippen molar-refractivity contribution in [3.05, 3.63) is 85.1 Å². The van der Waals surface area contributed by atoms with Gasteiger partial charge in [-0.25, -0.2) is 0 Å². The van der Waals surface area contributed by atoms with Crippen molar-refractivity contribution in [1.29, 1.82) is 0 Å². The number of carbonyl (C=O) groups excluding carboxylic acids is 3. The molecule has 63 heavy (non-hydrogen) atoms. The molecule has 0 aromatic rings. The normalized spacial score (nSPS) is 12.7. The fourth-order valence-corrected chi connectivity index (χ4v) is 6.95. The van der Waals surface area contributed by atoms with Crippen LogP contribution in [0.2, 0.25) is 0 Å². The second-order valence-electron chi connectivity index (χ2n) is 17.1. The highest BCUT2D eigenvalue weighted by atomic mass is 16.6. The molecule has 0 aliphatic rings. The molecule has 0 aromatic heterocycles. The number of esters is 3. The van der Waals surface area contributed by atoms with Crippen molar-refractivity contribution in [3.63, 3.8) is 0 Å². The Kier molecular flexibility index (Phi) is 48.5. The maximum atomic E-state index is 12.8. The molecule has 1 unspecified atom stereocenters. The molecule has 0 radical (unpaired) electrons. The Morgan fingerprint density at radius 1 is 0.349 bits per heavy atom. The van der Waals surface area contributed by atoms with Gasteiger partial charge in [-0.1, -0.05) is 196 Å². The van der Waals surface area contributed by atoms with Gasteiger partial charge in [0.2, 0.25) is 0 Å². The van der Waals surface area contributed by atoms with Crippen LogP contribution in [0.1, 0.15) is 239 Å². The lowest BCUT2D eigenvalue weighted by molar-refractivity contribution is -0.167. The third kappa shape index (κ3) is 49.5. The molecule has 1 atom stereocenters. The zero-order chi connectivity index (χ0) is 45.8. The summed E-state index contributed by atoms with van der Waals surface area (Å²) in [7, 11) is 0. The zero-order valence-corrected chi connectivity index (χ0v) is 41.1. The molecule has 0 aliphatic heterocycles. The van der Waals surface area contributed by atoms with Crippen LogP contribution in [0, 0.1) is 0 Å². The van der Waals surface area contributed by atoms with Crippen molar-refractivity contribution in [3.8, 4) is 0 Å². The third-order valence-corrected chi connectivity index (χ3v) is 10.9. The SMILES string of the molecule is CC/C=C\C/C=C\C/C=C\C/C=C\CCCCCC(=O)OCC(COC(=O)CCCCC/C=C\CCCCCCCC)OC(=O)CCCCC/C=C\C=C/CCCCCCCCC. The van der Waals surface area contributed by atoms with E-state index in [2.05, 4.69) is 106 Å². The van der Waals surface area contributed by atoms with Gasteiger partial charge in [-0.3, -0.25) is 14.4 Å². The predicted octanol–water partition coefficient (Wildman–Crippen LogP) is 17.2. The first-order chi connectivity index (χ1) is 31.0. The molecule has 0 heterocycles. The molecular weight excluding hydrogens is 781 g/mol. The van der Waals surface area contributed by atoms with Gasteiger partial charge in [0, 0.05) is 19.3 Å². The van der Waals surface area contributed by atoms with Gasteiger partial charge in [-0.05, 0) is 109 Å². The summed E-state index contributed by atoms with van der Waals surface area (Å²) in [6.45, 7) is 6.44. The van der Waals surface area contributed by atoms with Crippen molar-refractivity contribution in [1.82, 2.24) is 0 Å². The molecule has 360 valence electrons. The number of rotatable bonds is 46. The standard InChI is InChI=1S/C57H96O6/c1-4-7-10-13-16-19-22-25-27-29-32-35-38-41-44-47-50-56(59)62-53-54(52-61-55(58)49-46-43-40-37-34-31-24-21-18-15-12-9-6-3)63-57(60)51-48-45-42-39-36-33-30-28-26-23-20-17-14-11-8-5-2/h7,10,16,19,25,27-28,30-36,54H,4-6,8-9,11-15,17-18,20-24,26,29,37-53H2,1-3H3/b10-7-,19-16-,27-25-,30-28-,34-31-,35-32-,36-33-. The highest BCUT2D eigenvalue weighted by molar-refractivity contribution is 5.71. The summed E-state index contributed by atoms with van der Waals surface area (Å²) < 4.78 is 16.7. The third-order valence-electron chi connectivity index (χ3n) is 10.9. The molecule has 0 rings (SSSR count). The molecule has 6 heteroatoms. The van der Waals surface area contributed by atoms with Gasteiger partial charge in [0.1, 0.15) is 13.2 Å². The van der Waals surface area contributed by atoms with Gasteiger partial charge in [0.25, 0.3) is 0 Å². The number of hydrogen-bond acceptors (Lipinski definition) is 6. The largest absolute Gasteiger partial charge is 0.462 e. The fourth-order valence-electron chi connectivity index (χ4n) is 6.95. The van der Waals surface area contributed by atoms with E-state index in [1.807, 2.05) is 0 Å². The highest BCUT2D eigenvalue weighted by Crippen LogP contribution is 2.13. The molecule has 0 N–H and O–H groups in total. The second kappa shape index (κ2) is 51.2. The van der Waals surface area contributed by atoms with Gasteiger partial charge in [0.05, 0.1) is 0 Å². The first kappa shape index (κ1) is 59.6. The van der Waals surface area contributed by atoms with Crippen LogP contribution < -0.4 is 0 Å². The average Bonchev–Trinajstić information content (AvgIpc) is 3.28. The van der Waals surface area contributed by atoms with Crippen LogP contribution in [0.5, 0.6) is 0 Å². The summed E-state index contributed by atoms with van der Waals surface area (Å²) in [5.74, 6) is -0.980. The molecule has 0 bridgehead atoms. The van der Waals surface area contributed by atoms with Gasteiger partial charge < -0.3 is 14.2 Å².